The number of para-hydroxylation sites is 1. The molecule has 0 radical (unpaired) electrons. The van der Waals surface area contributed by atoms with Crippen LogP contribution in [0.15, 0.2) is 54.6 Å². The van der Waals surface area contributed by atoms with Crippen molar-refractivity contribution in [1.82, 2.24) is 20.4 Å². The molecule has 1 unspecified atom stereocenters. The van der Waals surface area contributed by atoms with Gasteiger partial charge in [0, 0.05) is 0 Å². The summed E-state index contributed by atoms with van der Waals surface area (Å²) in [6, 6.07) is 17.1. The van der Waals surface area contributed by atoms with Crippen molar-refractivity contribution in [3.8, 4) is 0 Å². The third-order valence-corrected chi connectivity index (χ3v) is 3.44. The van der Waals surface area contributed by atoms with Crippen LogP contribution in [0, 0.1) is 0 Å². The largest absolute Gasteiger partial charge is 0.294 e. The fraction of sp³-hybridized carbons (Fsp3) is 0.133. The molecular weight excluding hydrogens is 266 g/mol. The predicted octanol–water partition coefficient (Wildman–Crippen LogP) is 1.21. The Morgan fingerprint density at radius 2 is 1.86 bits per heavy atom. The van der Waals surface area contributed by atoms with Gasteiger partial charge >= 0.3 is 0 Å². The minimum absolute atomic E-state index is 0.249. The zero-order valence-corrected chi connectivity index (χ0v) is 11.3. The average Bonchev–Trinajstić information content (AvgIpc) is 2.96. The number of fused-ring (bicyclic) bond motifs is 1. The van der Waals surface area contributed by atoms with Crippen molar-refractivity contribution in [2.75, 3.05) is 0 Å². The summed E-state index contributed by atoms with van der Waals surface area (Å²) in [5.74, 6) is 4.64. The number of hydrogen-bond donors (Lipinski definition) is 2. The van der Waals surface area contributed by atoms with E-state index in [1.807, 2.05) is 54.6 Å². The highest BCUT2D eigenvalue weighted by molar-refractivity contribution is 5.83. The van der Waals surface area contributed by atoms with Gasteiger partial charge < -0.3 is 0 Å². The smallest absolute Gasteiger partial charge is 0.243 e. The minimum Gasteiger partial charge on any atom is -0.294 e. The molecule has 0 spiro atoms. The molecule has 21 heavy (non-hydrogen) atoms. The van der Waals surface area contributed by atoms with Gasteiger partial charge in [0.15, 0.2) is 0 Å². The molecule has 6 heteroatoms. The standard InChI is InChI=1S/C15H15N5O/c16-17-15(21)12(11-6-2-1-3-7-11)10-20-14-9-5-4-8-13(14)18-19-20/h1-9,12H,10,16H2,(H,17,21). The second-order valence-corrected chi connectivity index (χ2v) is 4.73. The minimum atomic E-state index is -0.415. The molecule has 3 N–H and O–H groups in total. The summed E-state index contributed by atoms with van der Waals surface area (Å²) in [4.78, 5) is 12.1. The Balaban J connectivity index is 1.97. The van der Waals surface area contributed by atoms with Crippen molar-refractivity contribution in [1.29, 1.82) is 0 Å². The van der Waals surface area contributed by atoms with Crippen LogP contribution in [0.5, 0.6) is 0 Å². The Morgan fingerprint density at radius 3 is 2.62 bits per heavy atom. The Kier molecular flexibility index (Phi) is 3.61. The van der Waals surface area contributed by atoms with Crippen LogP contribution in [0.2, 0.25) is 0 Å². The van der Waals surface area contributed by atoms with E-state index in [2.05, 4.69) is 15.7 Å². The fourth-order valence-electron chi connectivity index (χ4n) is 2.35. The highest BCUT2D eigenvalue weighted by atomic mass is 16.2. The third kappa shape index (κ3) is 2.61. The number of hydrazine groups is 1. The lowest BCUT2D eigenvalue weighted by Gasteiger charge is -2.15. The zero-order chi connectivity index (χ0) is 14.7. The van der Waals surface area contributed by atoms with Crippen molar-refractivity contribution in [2.45, 2.75) is 12.5 Å². The van der Waals surface area contributed by atoms with E-state index in [0.717, 1.165) is 16.6 Å². The quantitative estimate of drug-likeness (QED) is 0.427. The van der Waals surface area contributed by atoms with E-state index in [4.69, 9.17) is 5.84 Å². The number of benzene rings is 2. The van der Waals surface area contributed by atoms with Crippen LogP contribution in [0.3, 0.4) is 0 Å². The van der Waals surface area contributed by atoms with E-state index >= 15 is 0 Å². The maximum Gasteiger partial charge on any atom is 0.243 e. The fourth-order valence-corrected chi connectivity index (χ4v) is 2.35. The molecule has 0 aliphatic carbocycles. The van der Waals surface area contributed by atoms with Gasteiger partial charge in [0.05, 0.1) is 18.0 Å². The first-order valence-electron chi connectivity index (χ1n) is 6.63. The zero-order valence-electron chi connectivity index (χ0n) is 11.3. The van der Waals surface area contributed by atoms with Crippen molar-refractivity contribution in [2.24, 2.45) is 5.84 Å². The molecule has 0 bridgehead atoms. The molecule has 0 fully saturated rings. The molecule has 3 aromatic rings. The molecule has 2 aromatic carbocycles. The second kappa shape index (κ2) is 5.72. The average molecular weight is 281 g/mol. The molecule has 0 saturated carbocycles. The highest BCUT2D eigenvalue weighted by Gasteiger charge is 2.21. The normalized spacial score (nSPS) is 12.2. The molecule has 0 saturated heterocycles. The Bertz CT molecular complexity index is 753. The molecule has 1 heterocycles. The monoisotopic (exact) mass is 281 g/mol. The molecule has 106 valence electrons. The Hall–Kier alpha value is -2.73. The summed E-state index contributed by atoms with van der Waals surface area (Å²) in [5.41, 5.74) is 4.81. The summed E-state index contributed by atoms with van der Waals surface area (Å²) in [7, 11) is 0. The lowest BCUT2D eigenvalue weighted by Crippen LogP contribution is -2.36. The first kappa shape index (κ1) is 13.3. The number of hydrogen-bond acceptors (Lipinski definition) is 4. The number of nitrogens with one attached hydrogen (secondary N) is 1. The van der Waals surface area contributed by atoms with Crippen molar-refractivity contribution < 1.29 is 4.79 Å². The van der Waals surface area contributed by atoms with E-state index in [1.54, 1.807) is 4.68 Å². The number of nitrogens with two attached hydrogens (primary N) is 1. The number of aromatic nitrogens is 3. The SMILES string of the molecule is NNC(=O)C(Cn1nnc2ccccc21)c1ccccc1. The van der Waals surface area contributed by atoms with Crippen LogP contribution >= 0.6 is 0 Å². The topological polar surface area (TPSA) is 85.8 Å². The second-order valence-electron chi connectivity index (χ2n) is 4.73. The lowest BCUT2D eigenvalue weighted by molar-refractivity contribution is -0.123. The van der Waals surface area contributed by atoms with Gasteiger partial charge in [-0.1, -0.05) is 47.7 Å². The van der Waals surface area contributed by atoms with Gasteiger partial charge in [0.25, 0.3) is 0 Å². The lowest BCUT2D eigenvalue weighted by atomic mass is 9.98. The predicted molar refractivity (Wildman–Crippen MR) is 79.0 cm³/mol. The molecule has 0 aliphatic heterocycles. The summed E-state index contributed by atoms with van der Waals surface area (Å²) in [6.07, 6.45) is 0. The van der Waals surface area contributed by atoms with E-state index in [0.29, 0.717) is 6.54 Å². The molecule has 0 aliphatic rings. The highest BCUT2D eigenvalue weighted by Crippen LogP contribution is 2.20. The van der Waals surface area contributed by atoms with E-state index in [1.165, 1.54) is 0 Å². The van der Waals surface area contributed by atoms with Crippen molar-refractivity contribution >= 4 is 16.9 Å². The summed E-state index contributed by atoms with van der Waals surface area (Å²) in [5, 5.41) is 8.22. The first-order valence-corrected chi connectivity index (χ1v) is 6.63. The van der Waals surface area contributed by atoms with Gasteiger partial charge in [0.1, 0.15) is 5.52 Å². The van der Waals surface area contributed by atoms with Crippen molar-refractivity contribution in [3.05, 3.63) is 60.2 Å². The summed E-state index contributed by atoms with van der Waals surface area (Å²) in [6.45, 7) is 0.383. The van der Waals surface area contributed by atoms with E-state index < -0.39 is 5.92 Å². The van der Waals surface area contributed by atoms with Crippen molar-refractivity contribution in [3.63, 3.8) is 0 Å². The van der Waals surface area contributed by atoms with Crippen LogP contribution in [-0.2, 0) is 11.3 Å². The molecule has 1 amide bonds. The molecule has 1 aromatic heterocycles. The van der Waals surface area contributed by atoms with Gasteiger partial charge in [0.2, 0.25) is 5.91 Å². The van der Waals surface area contributed by atoms with Crippen LogP contribution in [0.25, 0.3) is 11.0 Å². The van der Waals surface area contributed by atoms with Crippen LogP contribution in [0.4, 0.5) is 0 Å². The van der Waals surface area contributed by atoms with E-state index in [9.17, 15) is 4.79 Å². The number of carbonyl (C=O) groups excluding carboxylic acids is 1. The molecule has 1 atom stereocenters. The summed E-state index contributed by atoms with van der Waals surface area (Å²) >= 11 is 0. The van der Waals surface area contributed by atoms with Gasteiger partial charge in [-0.25, -0.2) is 10.5 Å². The van der Waals surface area contributed by atoms with Crippen LogP contribution < -0.4 is 11.3 Å². The Labute approximate surface area is 121 Å². The van der Waals surface area contributed by atoms with Crippen LogP contribution in [0.1, 0.15) is 11.5 Å². The number of carbonyl (C=O) groups is 1. The third-order valence-electron chi connectivity index (χ3n) is 3.44. The maximum absolute atomic E-state index is 12.1. The molecule has 3 rings (SSSR count). The van der Waals surface area contributed by atoms with E-state index in [-0.39, 0.29) is 5.91 Å². The van der Waals surface area contributed by atoms with Gasteiger partial charge in [-0.05, 0) is 17.7 Å². The van der Waals surface area contributed by atoms with Gasteiger partial charge in [-0.2, -0.15) is 0 Å². The molecular formula is C15H15N5O. The summed E-state index contributed by atoms with van der Waals surface area (Å²) < 4.78 is 1.72. The molecule has 6 nitrogen and oxygen atoms in total. The van der Waals surface area contributed by atoms with Gasteiger partial charge in [-0.3, -0.25) is 10.2 Å². The number of amides is 1. The number of nitrogens with zero attached hydrogens (tertiary/aromatic N) is 3. The van der Waals surface area contributed by atoms with Gasteiger partial charge in [-0.15, -0.1) is 5.10 Å². The first-order chi connectivity index (χ1) is 10.3. The number of rotatable bonds is 4. The Morgan fingerprint density at radius 1 is 1.14 bits per heavy atom. The maximum atomic E-state index is 12.1. The van der Waals surface area contributed by atoms with Crippen LogP contribution in [-0.4, -0.2) is 20.9 Å².